The van der Waals surface area contributed by atoms with Gasteiger partial charge < -0.3 is 9.64 Å². The zero-order valence-electron chi connectivity index (χ0n) is 17.4. The molecule has 1 aromatic heterocycles. The van der Waals surface area contributed by atoms with Gasteiger partial charge in [-0.1, -0.05) is 0 Å². The van der Waals surface area contributed by atoms with Crippen LogP contribution in [0.25, 0.3) is 0 Å². The molecule has 0 radical (unpaired) electrons. The van der Waals surface area contributed by atoms with Crippen LogP contribution in [0.2, 0.25) is 0 Å². The zero-order valence-corrected chi connectivity index (χ0v) is 19.1. The molecular formula is C19H24N6O5S2. The highest BCUT2D eigenvalue weighted by Gasteiger charge is 2.34. The molecule has 3 aliphatic rings. The topological polar surface area (TPSA) is 124 Å². The van der Waals surface area contributed by atoms with Gasteiger partial charge in [0.2, 0.25) is 16.0 Å². The lowest BCUT2D eigenvalue weighted by Crippen LogP contribution is -2.38. The first kappa shape index (κ1) is 21.6. The number of ether oxygens (including phenoxy) is 1. The third-order valence-electron chi connectivity index (χ3n) is 5.88. The van der Waals surface area contributed by atoms with Crippen LogP contribution >= 0.6 is 11.8 Å². The van der Waals surface area contributed by atoms with Crippen LogP contribution in [0, 0.1) is 10.1 Å². The molecule has 1 saturated carbocycles. The number of aromatic nitrogens is 3. The predicted molar refractivity (Wildman–Crippen MR) is 117 cm³/mol. The van der Waals surface area contributed by atoms with Gasteiger partial charge >= 0.3 is 0 Å². The van der Waals surface area contributed by atoms with E-state index in [1.165, 1.54) is 16.4 Å². The maximum atomic E-state index is 12.9. The lowest BCUT2D eigenvalue weighted by molar-refractivity contribution is -0.388. The van der Waals surface area contributed by atoms with E-state index >= 15 is 0 Å². The Balaban J connectivity index is 1.47. The van der Waals surface area contributed by atoms with Gasteiger partial charge in [-0.3, -0.25) is 14.7 Å². The quantitative estimate of drug-likeness (QED) is 0.434. The molecule has 3 heterocycles. The number of hydrogen-bond acceptors (Lipinski definition) is 9. The van der Waals surface area contributed by atoms with Crippen molar-refractivity contribution >= 4 is 33.4 Å². The first-order valence-electron chi connectivity index (χ1n) is 10.7. The number of nitro benzene ring substituents is 1. The van der Waals surface area contributed by atoms with Crippen molar-refractivity contribution in [1.82, 2.24) is 19.1 Å². The molecule has 172 valence electrons. The maximum Gasteiger partial charge on any atom is 0.284 e. The fourth-order valence-electron chi connectivity index (χ4n) is 4.03. The average molecular weight is 481 g/mol. The third-order valence-corrected chi connectivity index (χ3v) is 8.80. The molecule has 1 aliphatic carbocycles. The Hall–Kier alpha value is -2.22. The Bertz CT molecular complexity index is 1120. The van der Waals surface area contributed by atoms with Crippen molar-refractivity contribution in [3.05, 3.63) is 28.3 Å². The van der Waals surface area contributed by atoms with Gasteiger partial charge in [0.1, 0.15) is 0 Å². The van der Waals surface area contributed by atoms with Crippen molar-refractivity contribution in [1.29, 1.82) is 0 Å². The van der Waals surface area contributed by atoms with Crippen molar-refractivity contribution in [3.63, 3.8) is 0 Å². The standard InChI is InChI=1S/C19H24N6O5S2/c26-25(27)16-13-15(32(28,29)23-7-1-2-8-23)5-6-17(16)31-19-21-20-18(24(19)14-3-4-14)22-9-11-30-12-10-22/h5-6,13-14H,1-4,7-12H2. The van der Waals surface area contributed by atoms with Crippen LogP contribution in [0.1, 0.15) is 31.7 Å². The van der Waals surface area contributed by atoms with Crippen LogP contribution in [-0.2, 0) is 14.8 Å². The predicted octanol–water partition coefficient (Wildman–Crippen LogP) is 2.29. The molecule has 5 rings (SSSR count). The van der Waals surface area contributed by atoms with Gasteiger partial charge in [-0.25, -0.2) is 8.42 Å². The van der Waals surface area contributed by atoms with E-state index in [2.05, 4.69) is 19.7 Å². The summed E-state index contributed by atoms with van der Waals surface area (Å²) in [5.41, 5.74) is -0.242. The molecule has 13 heteroatoms. The fourth-order valence-corrected chi connectivity index (χ4v) is 6.55. The molecule has 2 saturated heterocycles. The fraction of sp³-hybridized carbons (Fsp3) is 0.579. The summed E-state index contributed by atoms with van der Waals surface area (Å²) >= 11 is 1.16. The first-order chi connectivity index (χ1) is 15.4. The lowest BCUT2D eigenvalue weighted by atomic mass is 10.3. The van der Waals surface area contributed by atoms with Gasteiger partial charge in [-0.05, 0) is 49.6 Å². The minimum absolute atomic E-state index is 0.0480. The van der Waals surface area contributed by atoms with E-state index < -0.39 is 14.9 Å². The van der Waals surface area contributed by atoms with Crippen LogP contribution < -0.4 is 4.90 Å². The molecule has 1 aromatic carbocycles. The van der Waals surface area contributed by atoms with E-state index in [0.29, 0.717) is 36.4 Å². The third kappa shape index (κ3) is 4.09. The van der Waals surface area contributed by atoms with Gasteiger partial charge in [0.15, 0.2) is 5.16 Å². The largest absolute Gasteiger partial charge is 0.378 e. The summed E-state index contributed by atoms with van der Waals surface area (Å²) in [5, 5.41) is 21.1. The van der Waals surface area contributed by atoms with Crippen LogP contribution in [0.5, 0.6) is 0 Å². The minimum atomic E-state index is -3.74. The monoisotopic (exact) mass is 480 g/mol. The summed E-state index contributed by atoms with van der Waals surface area (Å²) in [4.78, 5) is 13.7. The summed E-state index contributed by atoms with van der Waals surface area (Å²) in [5.74, 6) is 0.759. The summed E-state index contributed by atoms with van der Waals surface area (Å²) in [6.45, 7) is 3.58. The number of nitrogens with zero attached hydrogens (tertiary/aromatic N) is 6. The van der Waals surface area contributed by atoms with Crippen molar-refractivity contribution < 1.29 is 18.1 Å². The maximum absolute atomic E-state index is 12.9. The Morgan fingerprint density at radius 3 is 2.47 bits per heavy atom. The molecule has 0 bridgehead atoms. The molecule has 2 aromatic rings. The number of benzene rings is 1. The smallest absolute Gasteiger partial charge is 0.284 e. The van der Waals surface area contributed by atoms with Gasteiger partial charge in [-0.15, -0.1) is 10.2 Å². The molecule has 0 amide bonds. The number of sulfonamides is 1. The number of anilines is 1. The highest BCUT2D eigenvalue weighted by Crippen LogP contribution is 2.44. The zero-order chi connectivity index (χ0) is 22.3. The van der Waals surface area contributed by atoms with Gasteiger partial charge in [0.05, 0.1) is 27.9 Å². The van der Waals surface area contributed by atoms with Crippen LogP contribution in [0.4, 0.5) is 11.6 Å². The highest BCUT2D eigenvalue weighted by molar-refractivity contribution is 7.99. The molecule has 32 heavy (non-hydrogen) atoms. The first-order valence-corrected chi connectivity index (χ1v) is 12.9. The van der Waals surface area contributed by atoms with Crippen molar-refractivity contribution in [2.75, 3.05) is 44.3 Å². The van der Waals surface area contributed by atoms with Crippen LogP contribution in [0.15, 0.2) is 33.1 Å². The normalized spacial score (nSPS) is 20.1. The molecule has 0 unspecified atom stereocenters. The van der Waals surface area contributed by atoms with Crippen molar-refractivity contribution in [2.45, 2.75) is 46.7 Å². The molecule has 0 N–H and O–H groups in total. The number of morpholine rings is 1. The number of hydrogen-bond donors (Lipinski definition) is 0. The SMILES string of the molecule is O=[N+]([O-])c1cc(S(=O)(=O)N2CCCC2)ccc1Sc1nnc(N2CCOCC2)n1C1CC1. The second-order valence-electron chi connectivity index (χ2n) is 8.08. The van der Waals surface area contributed by atoms with Gasteiger partial charge in [0, 0.05) is 38.3 Å². The van der Waals surface area contributed by atoms with E-state index in [1.54, 1.807) is 0 Å². The molecule has 2 aliphatic heterocycles. The molecule has 0 atom stereocenters. The summed E-state index contributed by atoms with van der Waals surface area (Å²) < 4.78 is 34.6. The summed E-state index contributed by atoms with van der Waals surface area (Å²) in [6.07, 6.45) is 3.63. The Morgan fingerprint density at radius 2 is 1.81 bits per heavy atom. The van der Waals surface area contributed by atoms with E-state index in [1.807, 2.05) is 0 Å². The second kappa shape index (κ2) is 8.61. The highest BCUT2D eigenvalue weighted by atomic mass is 32.2. The van der Waals surface area contributed by atoms with E-state index in [-0.39, 0.29) is 16.6 Å². The Kier molecular flexibility index (Phi) is 5.82. The average Bonchev–Trinajstić information content (AvgIpc) is 3.30. The lowest BCUT2D eigenvalue weighted by Gasteiger charge is -2.27. The minimum Gasteiger partial charge on any atom is -0.378 e. The van der Waals surface area contributed by atoms with Gasteiger partial charge in [-0.2, -0.15) is 4.31 Å². The van der Waals surface area contributed by atoms with Crippen LogP contribution in [0.3, 0.4) is 0 Å². The summed E-state index contributed by atoms with van der Waals surface area (Å²) in [6, 6.07) is 4.39. The Morgan fingerprint density at radius 1 is 1.09 bits per heavy atom. The van der Waals surface area contributed by atoms with E-state index in [9.17, 15) is 18.5 Å². The summed E-state index contributed by atoms with van der Waals surface area (Å²) in [7, 11) is -3.74. The Labute approximate surface area is 189 Å². The van der Waals surface area contributed by atoms with E-state index in [0.717, 1.165) is 62.5 Å². The van der Waals surface area contributed by atoms with Crippen molar-refractivity contribution in [3.8, 4) is 0 Å². The van der Waals surface area contributed by atoms with E-state index in [4.69, 9.17) is 4.74 Å². The molecule has 3 fully saturated rings. The second-order valence-corrected chi connectivity index (χ2v) is 11.0. The van der Waals surface area contributed by atoms with Gasteiger partial charge in [0.25, 0.3) is 5.69 Å². The van der Waals surface area contributed by atoms with Crippen LogP contribution in [-0.4, -0.2) is 71.8 Å². The molecule has 11 nitrogen and oxygen atoms in total. The number of nitro groups is 1. The van der Waals surface area contributed by atoms with Crippen molar-refractivity contribution in [2.24, 2.45) is 0 Å². The molecule has 0 spiro atoms. The molecular weight excluding hydrogens is 456 g/mol. The number of rotatable bonds is 7.